The third kappa shape index (κ3) is 3.65. The average Bonchev–Trinajstić information content (AvgIpc) is 2.32. The Morgan fingerprint density at radius 2 is 2.05 bits per heavy atom. The van der Waals surface area contributed by atoms with Crippen molar-refractivity contribution in [2.75, 3.05) is 13.1 Å². The van der Waals surface area contributed by atoms with Crippen LogP contribution in [0.4, 0.5) is 4.79 Å². The van der Waals surface area contributed by atoms with Gasteiger partial charge in [0.25, 0.3) is 0 Å². The topological polar surface area (TPSA) is 41.6 Å². The van der Waals surface area contributed by atoms with Crippen LogP contribution < -0.4 is 10.1 Å². The fourth-order valence-electron chi connectivity index (χ4n) is 2.01. The summed E-state index contributed by atoms with van der Waals surface area (Å²) in [5, 5.41) is 3.01. The zero-order valence-corrected chi connectivity index (χ0v) is 12.7. The monoisotopic (exact) mass is 276 g/mol. The van der Waals surface area contributed by atoms with Gasteiger partial charge >= 0.3 is 6.03 Å². The first-order valence-electron chi connectivity index (χ1n) is 7.24. The standard InChI is InChI=1S/C16H24N2O2/c1-11(2)13(4)17-16(19)18-9-15(10-18)20-14-7-5-6-12(3)8-14/h5-8,11,13,15H,9-10H2,1-4H3,(H,17,19)/t13-/m0/s1. The quantitative estimate of drug-likeness (QED) is 0.918. The molecular formula is C16H24N2O2. The van der Waals surface area contributed by atoms with Crippen molar-refractivity contribution in [3.05, 3.63) is 29.8 Å². The van der Waals surface area contributed by atoms with Gasteiger partial charge in [0.15, 0.2) is 0 Å². The molecule has 0 saturated carbocycles. The maximum absolute atomic E-state index is 12.0. The number of rotatable bonds is 4. The molecule has 0 bridgehead atoms. The first-order chi connectivity index (χ1) is 9.45. The molecule has 1 heterocycles. The van der Waals surface area contributed by atoms with E-state index in [1.807, 2.05) is 38.1 Å². The zero-order chi connectivity index (χ0) is 14.7. The molecule has 1 fully saturated rings. The molecule has 0 spiro atoms. The molecule has 1 saturated heterocycles. The molecule has 1 aromatic rings. The Hall–Kier alpha value is -1.71. The Labute approximate surface area is 121 Å². The number of aryl methyl sites for hydroxylation is 1. The van der Waals surface area contributed by atoms with Crippen LogP contribution in [0, 0.1) is 12.8 Å². The third-order valence-electron chi connectivity index (χ3n) is 3.78. The van der Waals surface area contributed by atoms with E-state index in [4.69, 9.17) is 4.74 Å². The average molecular weight is 276 g/mol. The lowest BCUT2D eigenvalue weighted by atomic mass is 10.1. The second-order valence-electron chi connectivity index (χ2n) is 5.94. The minimum atomic E-state index is 0.00953. The summed E-state index contributed by atoms with van der Waals surface area (Å²) in [5.41, 5.74) is 1.18. The van der Waals surface area contributed by atoms with Gasteiger partial charge in [-0.05, 0) is 37.5 Å². The molecule has 20 heavy (non-hydrogen) atoms. The van der Waals surface area contributed by atoms with Crippen LogP contribution >= 0.6 is 0 Å². The van der Waals surface area contributed by atoms with Crippen LogP contribution in [0.2, 0.25) is 0 Å². The Morgan fingerprint density at radius 3 is 2.65 bits per heavy atom. The SMILES string of the molecule is Cc1cccc(OC2CN(C(=O)N[C@@H](C)C(C)C)C2)c1. The van der Waals surface area contributed by atoms with Gasteiger partial charge in [-0.15, -0.1) is 0 Å². The number of hydrogen-bond donors (Lipinski definition) is 1. The number of carbonyl (C=O) groups is 1. The Bertz CT molecular complexity index is 467. The molecule has 1 aliphatic rings. The van der Waals surface area contributed by atoms with Crippen molar-refractivity contribution in [1.29, 1.82) is 0 Å². The summed E-state index contributed by atoms with van der Waals surface area (Å²) in [6, 6.07) is 8.20. The first kappa shape index (κ1) is 14.7. The molecular weight excluding hydrogens is 252 g/mol. The fourth-order valence-corrected chi connectivity index (χ4v) is 2.01. The predicted octanol–water partition coefficient (Wildman–Crippen LogP) is 2.81. The van der Waals surface area contributed by atoms with Gasteiger partial charge < -0.3 is 15.0 Å². The van der Waals surface area contributed by atoms with Gasteiger partial charge in [-0.25, -0.2) is 4.79 Å². The highest BCUT2D eigenvalue weighted by molar-refractivity contribution is 5.75. The molecule has 1 aromatic carbocycles. The Balaban J connectivity index is 1.76. The zero-order valence-electron chi connectivity index (χ0n) is 12.7. The smallest absolute Gasteiger partial charge is 0.317 e. The minimum absolute atomic E-state index is 0.00953. The van der Waals surface area contributed by atoms with E-state index in [-0.39, 0.29) is 18.2 Å². The predicted molar refractivity (Wildman–Crippen MR) is 80.0 cm³/mol. The normalized spacial score (nSPS) is 16.8. The minimum Gasteiger partial charge on any atom is -0.487 e. The van der Waals surface area contributed by atoms with Crippen molar-refractivity contribution in [3.8, 4) is 5.75 Å². The molecule has 0 unspecified atom stereocenters. The number of carbonyl (C=O) groups excluding carboxylic acids is 1. The van der Waals surface area contributed by atoms with E-state index >= 15 is 0 Å². The summed E-state index contributed by atoms with van der Waals surface area (Å²) in [5.74, 6) is 1.32. The summed E-state index contributed by atoms with van der Waals surface area (Å²) in [6.07, 6.45) is 0.108. The number of nitrogens with one attached hydrogen (secondary N) is 1. The van der Waals surface area contributed by atoms with Crippen LogP contribution in [0.3, 0.4) is 0 Å². The Kier molecular flexibility index (Phi) is 4.53. The van der Waals surface area contributed by atoms with Crippen LogP contribution in [-0.2, 0) is 0 Å². The number of likely N-dealkylation sites (tertiary alicyclic amines) is 1. The molecule has 0 radical (unpaired) electrons. The third-order valence-corrected chi connectivity index (χ3v) is 3.78. The molecule has 0 aromatic heterocycles. The summed E-state index contributed by atoms with van der Waals surface area (Å²) in [7, 11) is 0. The number of amides is 2. The van der Waals surface area contributed by atoms with Gasteiger partial charge in [0.1, 0.15) is 11.9 Å². The second-order valence-corrected chi connectivity index (χ2v) is 5.94. The summed E-state index contributed by atoms with van der Waals surface area (Å²) < 4.78 is 5.84. The molecule has 2 rings (SSSR count). The van der Waals surface area contributed by atoms with Crippen molar-refractivity contribution >= 4 is 6.03 Å². The largest absolute Gasteiger partial charge is 0.487 e. The number of nitrogens with zero attached hydrogens (tertiary/aromatic N) is 1. The van der Waals surface area contributed by atoms with E-state index in [1.165, 1.54) is 5.56 Å². The number of benzene rings is 1. The fraction of sp³-hybridized carbons (Fsp3) is 0.562. The molecule has 1 aliphatic heterocycles. The van der Waals surface area contributed by atoms with Gasteiger partial charge in [0.05, 0.1) is 13.1 Å². The lowest BCUT2D eigenvalue weighted by Gasteiger charge is -2.39. The molecule has 110 valence electrons. The van der Waals surface area contributed by atoms with E-state index in [0.29, 0.717) is 19.0 Å². The van der Waals surface area contributed by atoms with Gasteiger partial charge in [0.2, 0.25) is 0 Å². The maximum atomic E-state index is 12.0. The van der Waals surface area contributed by atoms with Crippen LogP contribution in [0.1, 0.15) is 26.3 Å². The van der Waals surface area contributed by atoms with Crippen molar-refractivity contribution in [3.63, 3.8) is 0 Å². The summed E-state index contributed by atoms with van der Waals surface area (Å²) in [6.45, 7) is 9.59. The van der Waals surface area contributed by atoms with Gasteiger partial charge in [-0.2, -0.15) is 0 Å². The molecule has 4 heteroatoms. The molecule has 2 amide bonds. The summed E-state index contributed by atoms with van der Waals surface area (Å²) >= 11 is 0. The first-order valence-corrected chi connectivity index (χ1v) is 7.24. The highest BCUT2D eigenvalue weighted by Gasteiger charge is 2.32. The van der Waals surface area contributed by atoms with E-state index in [1.54, 1.807) is 4.90 Å². The number of ether oxygens (including phenoxy) is 1. The van der Waals surface area contributed by atoms with Crippen LogP contribution in [0.25, 0.3) is 0 Å². The second kappa shape index (κ2) is 6.16. The van der Waals surface area contributed by atoms with Crippen LogP contribution in [-0.4, -0.2) is 36.2 Å². The highest BCUT2D eigenvalue weighted by atomic mass is 16.5. The lowest BCUT2D eigenvalue weighted by molar-refractivity contribution is 0.0431. The van der Waals surface area contributed by atoms with E-state index in [9.17, 15) is 4.79 Å². The van der Waals surface area contributed by atoms with Gasteiger partial charge in [-0.1, -0.05) is 26.0 Å². The highest BCUT2D eigenvalue weighted by Crippen LogP contribution is 2.19. The van der Waals surface area contributed by atoms with Gasteiger partial charge in [-0.3, -0.25) is 0 Å². The van der Waals surface area contributed by atoms with E-state index < -0.39 is 0 Å². The summed E-state index contributed by atoms with van der Waals surface area (Å²) in [4.78, 5) is 13.7. The van der Waals surface area contributed by atoms with Crippen molar-refractivity contribution in [2.45, 2.75) is 39.8 Å². The molecule has 4 nitrogen and oxygen atoms in total. The molecule has 0 aliphatic carbocycles. The van der Waals surface area contributed by atoms with E-state index in [0.717, 1.165) is 5.75 Å². The van der Waals surface area contributed by atoms with Crippen molar-refractivity contribution in [1.82, 2.24) is 10.2 Å². The lowest BCUT2D eigenvalue weighted by Crippen LogP contribution is -2.60. The van der Waals surface area contributed by atoms with Crippen LogP contribution in [0.15, 0.2) is 24.3 Å². The Morgan fingerprint density at radius 1 is 1.35 bits per heavy atom. The van der Waals surface area contributed by atoms with E-state index in [2.05, 4.69) is 19.2 Å². The molecule has 1 atom stereocenters. The molecule has 1 N–H and O–H groups in total. The van der Waals surface area contributed by atoms with Gasteiger partial charge in [0, 0.05) is 6.04 Å². The van der Waals surface area contributed by atoms with Crippen LogP contribution in [0.5, 0.6) is 5.75 Å². The van der Waals surface area contributed by atoms with Crippen molar-refractivity contribution < 1.29 is 9.53 Å². The number of urea groups is 1. The number of hydrogen-bond acceptors (Lipinski definition) is 2. The van der Waals surface area contributed by atoms with Crippen molar-refractivity contribution in [2.24, 2.45) is 5.92 Å². The maximum Gasteiger partial charge on any atom is 0.317 e.